The number of nitrogens with one attached hydrogen (secondary N) is 2. The molecular formula is C16H26N6O. The zero-order valence-electron chi connectivity index (χ0n) is 14.4. The summed E-state index contributed by atoms with van der Waals surface area (Å²) in [6.07, 6.45) is 2.40. The molecule has 0 aromatic carbocycles. The molecule has 23 heavy (non-hydrogen) atoms. The molecular weight excluding hydrogens is 292 g/mol. The van der Waals surface area contributed by atoms with E-state index in [0.717, 1.165) is 17.9 Å². The number of likely N-dealkylation sites (N-methyl/N-ethyl adjacent to an activating group) is 1. The summed E-state index contributed by atoms with van der Waals surface area (Å²) in [4.78, 5) is 20.4. The number of aryl methyl sites for hydroxylation is 2. The van der Waals surface area contributed by atoms with Gasteiger partial charge >= 0.3 is 0 Å². The molecule has 0 fully saturated rings. The fraction of sp³-hybridized carbons (Fsp3) is 0.438. The van der Waals surface area contributed by atoms with Gasteiger partial charge in [-0.15, -0.1) is 0 Å². The Morgan fingerprint density at radius 1 is 1.35 bits per heavy atom. The largest absolute Gasteiger partial charge is 0.394 e. The first-order chi connectivity index (χ1) is 10.8. The van der Waals surface area contributed by atoms with Gasteiger partial charge < -0.3 is 22.1 Å². The van der Waals surface area contributed by atoms with Crippen molar-refractivity contribution in [3.05, 3.63) is 40.8 Å². The van der Waals surface area contributed by atoms with Crippen LogP contribution in [0.25, 0.3) is 0 Å². The molecule has 0 aliphatic heterocycles. The number of carbonyl (C=O) groups is 1. The molecule has 0 saturated heterocycles. The Bertz CT molecular complexity index is 633. The molecule has 7 nitrogen and oxygen atoms in total. The van der Waals surface area contributed by atoms with Gasteiger partial charge in [0.1, 0.15) is 23.2 Å². The van der Waals surface area contributed by atoms with E-state index in [1.807, 2.05) is 27.7 Å². The Kier molecular flexibility index (Phi) is 6.56. The summed E-state index contributed by atoms with van der Waals surface area (Å²) in [5.41, 5.74) is 13.6. The number of nitrogens with zero attached hydrogens (tertiary/aromatic N) is 2. The van der Waals surface area contributed by atoms with Crippen LogP contribution in [0.4, 0.5) is 5.82 Å². The van der Waals surface area contributed by atoms with Crippen LogP contribution in [0, 0.1) is 12.8 Å². The number of aromatic nitrogens is 2. The fourth-order valence-corrected chi connectivity index (χ4v) is 2.02. The molecule has 1 amide bonds. The molecule has 1 rings (SSSR count). The van der Waals surface area contributed by atoms with Crippen molar-refractivity contribution in [3.63, 3.8) is 0 Å². The Morgan fingerprint density at radius 2 is 2.00 bits per heavy atom. The van der Waals surface area contributed by atoms with Crippen LogP contribution in [0.5, 0.6) is 0 Å². The first-order valence-corrected chi connectivity index (χ1v) is 7.58. The second kappa shape index (κ2) is 8.17. The standard InChI is InChI=1S/C16H26N6O/c1-6-13-20-10(4)7-14(22-13)21-12(17)8-11(9(2)3)15(18)16(23)19-5/h7-9H,6,17-18H2,1-5H3,(H,19,23)(H,20,21,22)/b12-8+,15-11+. The van der Waals surface area contributed by atoms with Gasteiger partial charge in [0.25, 0.3) is 5.91 Å². The molecule has 0 atom stereocenters. The van der Waals surface area contributed by atoms with E-state index in [-0.39, 0.29) is 17.5 Å². The predicted octanol–water partition coefficient (Wildman–Crippen LogP) is 1.17. The van der Waals surface area contributed by atoms with Crippen molar-refractivity contribution in [1.29, 1.82) is 0 Å². The molecule has 6 N–H and O–H groups in total. The minimum atomic E-state index is -0.330. The lowest BCUT2D eigenvalue weighted by Crippen LogP contribution is -2.27. The minimum Gasteiger partial charge on any atom is -0.394 e. The van der Waals surface area contributed by atoms with Crippen LogP contribution in [-0.4, -0.2) is 22.9 Å². The average Bonchev–Trinajstić information content (AvgIpc) is 2.50. The van der Waals surface area contributed by atoms with Crippen LogP contribution < -0.4 is 22.1 Å². The third-order valence-electron chi connectivity index (χ3n) is 3.20. The van der Waals surface area contributed by atoms with Gasteiger partial charge in [-0.05, 0) is 24.5 Å². The highest BCUT2D eigenvalue weighted by atomic mass is 16.1. The van der Waals surface area contributed by atoms with Crippen LogP contribution in [0.1, 0.15) is 32.3 Å². The van der Waals surface area contributed by atoms with Gasteiger partial charge in [-0.3, -0.25) is 4.79 Å². The Labute approximate surface area is 137 Å². The third kappa shape index (κ3) is 5.28. The van der Waals surface area contributed by atoms with Gasteiger partial charge in [0.05, 0.1) is 0 Å². The second-order valence-electron chi connectivity index (χ2n) is 5.49. The summed E-state index contributed by atoms with van der Waals surface area (Å²) in [6.45, 7) is 7.77. The summed E-state index contributed by atoms with van der Waals surface area (Å²) >= 11 is 0. The van der Waals surface area contributed by atoms with Gasteiger partial charge in [0.2, 0.25) is 0 Å². The Hall–Kier alpha value is -2.57. The summed E-state index contributed by atoms with van der Waals surface area (Å²) in [5.74, 6) is 1.44. The highest BCUT2D eigenvalue weighted by Crippen LogP contribution is 2.16. The van der Waals surface area contributed by atoms with Crippen LogP contribution in [-0.2, 0) is 11.2 Å². The molecule has 0 bridgehead atoms. The number of hydrogen-bond acceptors (Lipinski definition) is 6. The van der Waals surface area contributed by atoms with E-state index >= 15 is 0 Å². The van der Waals surface area contributed by atoms with Crippen LogP contribution in [0.3, 0.4) is 0 Å². The van der Waals surface area contributed by atoms with E-state index in [4.69, 9.17) is 11.5 Å². The number of allylic oxidation sites excluding steroid dienone is 2. The molecule has 1 heterocycles. The highest BCUT2D eigenvalue weighted by Gasteiger charge is 2.13. The number of anilines is 1. The zero-order valence-corrected chi connectivity index (χ0v) is 14.4. The lowest BCUT2D eigenvalue weighted by Gasteiger charge is -2.13. The number of carbonyl (C=O) groups excluding carboxylic acids is 1. The van der Waals surface area contributed by atoms with Crippen LogP contribution in [0.2, 0.25) is 0 Å². The number of hydrogen-bond donors (Lipinski definition) is 4. The first kappa shape index (κ1) is 18.5. The summed E-state index contributed by atoms with van der Waals surface area (Å²) in [7, 11) is 1.54. The molecule has 0 spiro atoms. The van der Waals surface area contributed by atoms with E-state index in [0.29, 0.717) is 17.2 Å². The molecule has 126 valence electrons. The topological polar surface area (TPSA) is 119 Å². The van der Waals surface area contributed by atoms with Gasteiger partial charge in [-0.1, -0.05) is 20.8 Å². The van der Waals surface area contributed by atoms with E-state index < -0.39 is 0 Å². The van der Waals surface area contributed by atoms with Crippen molar-refractivity contribution in [2.45, 2.75) is 34.1 Å². The smallest absolute Gasteiger partial charge is 0.267 e. The fourth-order valence-electron chi connectivity index (χ4n) is 2.02. The maximum Gasteiger partial charge on any atom is 0.267 e. The Balaban J connectivity index is 3.11. The van der Waals surface area contributed by atoms with Crippen molar-refractivity contribution in [3.8, 4) is 0 Å². The molecule has 0 aliphatic rings. The normalized spacial score (nSPS) is 12.9. The Morgan fingerprint density at radius 3 is 2.52 bits per heavy atom. The SMILES string of the molecule is CCc1nc(C)cc(N/C(N)=C/C(=C(\N)C(=O)NC)C(C)C)n1. The number of rotatable bonds is 6. The van der Waals surface area contributed by atoms with Crippen molar-refractivity contribution in [2.24, 2.45) is 17.4 Å². The third-order valence-corrected chi connectivity index (χ3v) is 3.20. The number of nitrogens with two attached hydrogens (primary N) is 2. The summed E-state index contributed by atoms with van der Waals surface area (Å²) in [5, 5.41) is 5.53. The molecule has 1 aromatic heterocycles. The average molecular weight is 318 g/mol. The minimum absolute atomic E-state index is 0.0472. The van der Waals surface area contributed by atoms with E-state index in [1.165, 1.54) is 7.05 Å². The van der Waals surface area contributed by atoms with Gasteiger partial charge in [0, 0.05) is 25.2 Å². The first-order valence-electron chi connectivity index (χ1n) is 7.58. The van der Waals surface area contributed by atoms with Gasteiger partial charge in [-0.2, -0.15) is 0 Å². The van der Waals surface area contributed by atoms with E-state index in [2.05, 4.69) is 20.6 Å². The summed E-state index contributed by atoms with van der Waals surface area (Å²) < 4.78 is 0. The van der Waals surface area contributed by atoms with Crippen molar-refractivity contribution >= 4 is 11.7 Å². The van der Waals surface area contributed by atoms with E-state index in [1.54, 1.807) is 12.1 Å². The number of amides is 1. The molecule has 0 saturated carbocycles. The van der Waals surface area contributed by atoms with Crippen molar-refractivity contribution in [1.82, 2.24) is 15.3 Å². The lowest BCUT2D eigenvalue weighted by atomic mass is 10.00. The molecule has 0 aliphatic carbocycles. The molecule has 0 unspecified atom stereocenters. The van der Waals surface area contributed by atoms with Crippen molar-refractivity contribution < 1.29 is 4.79 Å². The quantitative estimate of drug-likeness (QED) is 0.462. The molecule has 7 heteroatoms. The van der Waals surface area contributed by atoms with E-state index in [9.17, 15) is 4.79 Å². The lowest BCUT2D eigenvalue weighted by molar-refractivity contribution is -0.117. The summed E-state index contributed by atoms with van der Waals surface area (Å²) in [6, 6.07) is 1.81. The monoisotopic (exact) mass is 318 g/mol. The maximum atomic E-state index is 11.7. The predicted molar refractivity (Wildman–Crippen MR) is 92.2 cm³/mol. The van der Waals surface area contributed by atoms with Crippen LogP contribution in [0.15, 0.2) is 29.2 Å². The van der Waals surface area contributed by atoms with Gasteiger partial charge in [0.15, 0.2) is 0 Å². The van der Waals surface area contributed by atoms with Gasteiger partial charge in [-0.25, -0.2) is 9.97 Å². The zero-order chi connectivity index (χ0) is 17.6. The molecule has 0 radical (unpaired) electrons. The second-order valence-corrected chi connectivity index (χ2v) is 5.49. The molecule has 1 aromatic rings. The van der Waals surface area contributed by atoms with Crippen LogP contribution >= 0.6 is 0 Å². The highest BCUT2D eigenvalue weighted by molar-refractivity contribution is 5.93. The maximum absolute atomic E-state index is 11.7. The van der Waals surface area contributed by atoms with Crippen molar-refractivity contribution in [2.75, 3.05) is 12.4 Å².